The molecule has 6 rings (SSSR count). The van der Waals surface area contributed by atoms with E-state index in [0.29, 0.717) is 18.8 Å². The lowest BCUT2D eigenvalue weighted by Crippen LogP contribution is -2.64. The van der Waals surface area contributed by atoms with Crippen LogP contribution in [-0.2, 0) is 15.2 Å². The third-order valence-corrected chi connectivity index (χ3v) is 8.04. The van der Waals surface area contributed by atoms with Crippen molar-refractivity contribution in [1.29, 1.82) is 0 Å². The second-order valence-electron chi connectivity index (χ2n) is 8.93. The number of rotatable bonds is 1. The highest BCUT2D eigenvalue weighted by atomic mass is 32.2. The first-order valence-corrected chi connectivity index (χ1v) is 12.8. The molecule has 4 heterocycles. The summed E-state index contributed by atoms with van der Waals surface area (Å²) in [5.74, 6) is -2.88. The summed E-state index contributed by atoms with van der Waals surface area (Å²) in [6.45, 7) is 1.15. The van der Waals surface area contributed by atoms with Crippen molar-refractivity contribution >= 4 is 17.7 Å². The number of aromatic hydroxyl groups is 1. The summed E-state index contributed by atoms with van der Waals surface area (Å²) in [5, 5.41) is 12.6. The summed E-state index contributed by atoms with van der Waals surface area (Å²) in [6.07, 6.45) is 0.724. The molecule has 11 heteroatoms. The minimum atomic E-state index is -0.941. The summed E-state index contributed by atoms with van der Waals surface area (Å²) in [6, 6.07) is 10.7. The zero-order valence-corrected chi connectivity index (χ0v) is 20.4. The molecule has 1 N–H and O–H groups in total. The van der Waals surface area contributed by atoms with Crippen LogP contribution in [-0.4, -0.2) is 59.7 Å². The lowest BCUT2D eigenvalue weighted by molar-refractivity contribution is 0.0292. The molecular weight excluding hydrogens is 504 g/mol. The molecular formula is C26H23F2N3O5S. The second-order valence-corrected chi connectivity index (χ2v) is 9.94. The zero-order valence-electron chi connectivity index (χ0n) is 19.6. The lowest BCUT2D eigenvalue weighted by atomic mass is 9.93. The predicted octanol–water partition coefficient (Wildman–Crippen LogP) is 2.99. The Balaban J connectivity index is 1.65. The Labute approximate surface area is 215 Å². The fraction of sp³-hybridized carbons (Fsp3) is 0.308. The average molecular weight is 528 g/mol. The highest BCUT2D eigenvalue weighted by Gasteiger charge is 2.45. The molecule has 0 spiro atoms. The van der Waals surface area contributed by atoms with Crippen LogP contribution >= 0.6 is 11.8 Å². The fourth-order valence-corrected chi connectivity index (χ4v) is 6.32. The molecule has 192 valence electrons. The summed E-state index contributed by atoms with van der Waals surface area (Å²) >= 11 is 1.40. The molecule has 0 radical (unpaired) electrons. The summed E-state index contributed by atoms with van der Waals surface area (Å²) in [5.41, 5.74) is 0.646. The lowest BCUT2D eigenvalue weighted by Gasteiger charge is -2.49. The number of nitrogens with zero attached hydrogens (tertiary/aromatic N) is 3. The van der Waals surface area contributed by atoms with Gasteiger partial charge in [0.15, 0.2) is 23.1 Å². The van der Waals surface area contributed by atoms with Crippen LogP contribution < -0.4 is 10.4 Å². The van der Waals surface area contributed by atoms with Crippen molar-refractivity contribution in [2.75, 3.05) is 38.0 Å². The SMILES string of the molecule is O=C1c2c(O)c(=O)ccn2N(C2c3ccccc3SCc3c2ccc(F)c3F)C2COCCOCCN12. The van der Waals surface area contributed by atoms with E-state index in [4.69, 9.17) is 9.47 Å². The Morgan fingerprint density at radius 1 is 0.973 bits per heavy atom. The Morgan fingerprint density at radius 2 is 1.78 bits per heavy atom. The molecule has 8 nitrogen and oxygen atoms in total. The number of thioether (sulfide) groups is 1. The molecule has 37 heavy (non-hydrogen) atoms. The summed E-state index contributed by atoms with van der Waals surface area (Å²) < 4.78 is 42.5. The van der Waals surface area contributed by atoms with Crippen molar-refractivity contribution in [2.45, 2.75) is 22.9 Å². The van der Waals surface area contributed by atoms with E-state index in [-0.39, 0.29) is 36.8 Å². The van der Waals surface area contributed by atoms with Crippen LogP contribution in [0.2, 0.25) is 0 Å². The van der Waals surface area contributed by atoms with Crippen LogP contribution in [0.4, 0.5) is 8.78 Å². The largest absolute Gasteiger partial charge is 0.502 e. The van der Waals surface area contributed by atoms with Crippen LogP contribution in [0.1, 0.15) is 33.2 Å². The van der Waals surface area contributed by atoms with Gasteiger partial charge in [0, 0.05) is 35.0 Å². The van der Waals surface area contributed by atoms with E-state index >= 15 is 4.39 Å². The Bertz CT molecular complexity index is 1450. The van der Waals surface area contributed by atoms with Crippen molar-refractivity contribution in [2.24, 2.45) is 0 Å². The van der Waals surface area contributed by atoms with Gasteiger partial charge in [-0.25, -0.2) is 8.78 Å². The molecule has 2 atom stereocenters. The van der Waals surface area contributed by atoms with Gasteiger partial charge < -0.3 is 19.5 Å². The number of hydrogen-bond acceptors (Lipinski definition) is 7. The molecule has 0 aliphatic carbocycles. The van der Waals surface area contributed by atoms with E-state index in [0.717, 1.165) is 16.5 Å². The number of halogens is 2. The van der Waals surface area contributed by atoms with Crippen LogP contribution in [0.15, 0.2) is 58.4 Å². The van der Waals surface area contributed by atoms with Crippen LogP contribution in [0.25, 0.3) is 0 Å². The number of amides is 1. The number of pyridine rings is 1. The van der Waals surface area contributed by atoms with Crippen LogP contribution in [0.3, 0.4) is 0 Å². The number of aromatic nitrogens is 1. The van der Waals surface area contributed by atoms with E-state index in [1.54, 1.807) is 6.07 Å². The van der Waals surface area contributed by atoms with E-state index in [1.165, 1.54) is 33.6 Å². The predicted molar refractivity (Wildman–Crippen MR) is 131 cm³/mol. The van der Waals surface area contributed by atoms with Crippen molar-refractivity contribution in [1.82, 2.24) is 9.58 Å². The third kappa shape index (κ3) is 3.89. The van der Waals surface area contributed by atoms with Gasteiger partial charge in [0.25, 0.3) is 5.91 Å². The molecule has 3 aromatic rings. The molecule has 1 saturated heterocycles. The highest BCUT2D eigenvalue weighted by molar-refractivity contribution is 7.98. The first kappa shape index (κ1) is 24.0. The highest BCUT2D eigenvalue weighted by Crippen LogP contribution is 2.45. The van der Waals surface area contributed by atoms with Gasteiger partial charge in [-0.1, -0.05) is 24.3 Å². The normalized spacial score (nSPS) is 21.5. The number of hydrogen-bond donors (Lipinski definition) is 1. The van der Waals surface area contributed by atoms with Crippen molar-refractivity contribution in [3.05, 3.63) is 92.9 Å². The minimum absolute atomic E-state index is 0.0895. The Morgan fingerprint density at radius 3 is 2.65 bits per heavy atom. The van der Waals surface area contributed by atoms with Crippen molar-refractivity contribution < 1.29 is 28.2 Å². The maximum Gasteiger partial charge on any atom is 0.278 e. The van der Waals surface area contributed by atoms with Gasteiger partial charge >= 0.3 is 0 Å². The summed E-state index contributed by atoms with van der Waals surface area (Å²) in [7, 11) is 0. The maximum absolute atomic E-state index is 15.2. The third-order valence-electron chi connectivity index (χ3n) is 6.92. The van der Waals surface area contributed by atoms with E-state index < -0.39 is 40.9 Å². The summed E-state index contributed by atoms with van der Waals surface area (Å²) in [4.78, 5) is 28.4. The first-order valence-electron chi connectivity index (χ1n) is 11.9. The van der Waals surface area contributed by atoms with E-state index in [2.05, 4.69) is 0 Å². The topological polar surface area (TPSA) is 84.2 Å². The van der Waals surface area contributed by atoms with Gasteiger partial charge in [-0.05, 0) is 23.3 Å². The average Bonchev–Trinajstić information content (AvgIpc) is 2.96. The van der Waals surface area contributed by atoms with Crippen LogP contribution in [0.5, 0.6) is 5.75 Å². The fourth-order valence-electron chi connectivity index (χ4n) is 5.20. The van der Waals surface area contributed by atoms with Crippen LogP contribution in [0, 0.1) is 11.6 Å². The quantitative estimate of drug-likeness (QED) is 0.521. The number of ether oxygens (including phenoxy) is 2. The number of carbonyl (C=O) groups is 1. The molecule has 1 aromatic heterocycles. The number of benzene rings is 2. The van der Waals surface area contributed by atoms with Gasteiger partial charge in [-0.15, -0.1) is 11.8 Å². The first-order chi connectivity index (χ1) is 18.0. The smallest absolute Gasteiger partial charge is 0.278 e. The van der Waals surface area contributed by atoms with Gasteiger partial charge in [-0.3, -0.25) is 19.3 Å². The molecule has 3 aliphatic rings. The van der Waals surface area contributed by atoms with Gasteiger partial charge in [0.1, 0.15) is 6.17 Å². The molecule has 0 saturated carbocycles. The van der Waals surface area contributed by atoms with Crippen molar-refractivity contribution in [3.8, 4) is 5.75 Å². The van der Waals surface area contributed by atoms with E-state index in [1.807, 2.05) is 29.3 Å². The number of carbonyl (C=O) groups excluding carboxylic acids is 1. The molecule has 3 aliphatic heterocycles. The molecule has 2 unspecified atom stereocenters. The molecule has 2 aromatic carbocycles. The zero-order chi connectivity index (χ0) is 25.7. The van der Waals surface area contributed by atoms with E-state index in [9.17, 15) is 19.1 Å². The standard InChI is InChI=1S/C26H23F2N3O5S/c27-18-6-5-15-17(22(18)28)14-37-20-4-2-1-3-16(20)23(15)31-21-13-36-12-11-35-10-9-29(21)26(34)24-25(33)19(32)7-8-30(24)31/h1-8,21,23,33H,9-14H2. The Hall–Kier alpha value is -3.41. The molecule has 1 amide bonds. The van der Waals surface area contributed by atoms with Gasteiger partial charge in [0.05, 0.1) is 32.5 Å². The Kier molecular flexibility index (Phi) is 6.13. The molecule has 0 bridgehead atoms. The maximum atomic E-state index is 15.2. The number of fused-ring (bicyclic) bond motifs is 4. The minimum Gasteiger partial charge on any atom is -0.502 e. The monoisotopic (exact) mass is 527 g/mol. The molecule has 1 fully saturated rings. The second kappa shape index (κ2) is 9.47. The van der Waals surface area contributed by atoms with Crippen molar-refractivity contribution in [3.63, 3.8) is 0 Å². The van der Waals surface area contributed by atoms with Gasteiger partial charge in [0.2, 0.25) is 5.43 Å². The van der Waals surface area contributed by atoms with Gasteiger partial charge in [-0.2, -0.15) is 0 Å².